The van der Waals surface area contributed by atoms with Gasteiger partial charge in [0.1, 0.15) is 5.75 Å². The number of hydrogen-bond acceptors (Lipinski definition) is 3. The van der Waals surface area contributed by atoms with Crippen molar-refractivity contribution in [3.8, 4) is 5.75 Å². The Kier molecular flexibility index (Phi) is 4.34. The lowest BCUT2D eigenvalue weighted by Crippen LogP contribution is -2.29. The quantitative estimate of drug-likeness (QED) is 0.899. The highest BCUT2D eigenvalue weighted by Gasteiger charge is 2.25. The van der Waals surface area contributed by atoms with E-state index in [1.807, 2.05) is 18.3 Å². The maximum Gasteiger partial charge on any atom is 0.142 e. The molecule has 0 spiro atoms. The molecule has 2 aromatic rings. The summed E-state index contributed by atoms with van der Waals surface area (Å²) in [5.74, 6) is 0.739. The number of rotatable bonds is 3. The van der Waals surface area contributed by atoms with E-state index in [1.54, 1.807) is 12.3 Å². The van der Waals surface area contributed by atoms with Crippen LogP contribution in [-0.4, -0.2) is 11.6 Å². The first-order valence-corrected chi connectivity index (χ1v) is 7.68. The zero-order valence-electron chi connectivity index (χ0n) is 11.6. The molecule has 0 aliphatic carbocycles. The van der Waals surface area contributed by atoms with Crippen molar-refractivity contribution in [2.45, 2.75) is 25.4 Å². The predicted octanol–water partition coefficient (Wildman–Crippen LogP) is 4.56. The van der Waals surface area contributed by atoms with Gasteiger partial charge in [0.25, 0.3) is 0 Å². The number of benzene rings is 1. The number of aromatic nitrogens is 1. The first-order valence-electron chi connectivity index (χ1n) is 6.93. The zero-order valence-corrected chi connectivity index (χ0v) is 13.2. The summed E-state index contributed by atoms with van der Waals surface area (Å²) < 4.78 is 5.68. The first-order chi connectivity index (χ1) is 10.1. The van der Waals surface area contributed by atoms with Crippen LogP contribution in [0.3, 0.4) is 0 Å². The van der Waals surface area contributed by atoms with Gasteiger partial charge in [-0.05, 0) is 30.7 Å². The van der Waals surface area contributed by atoms with E-state index in [4.69, 9.17) is 27.9 Å². The van der Waals surface area contributed by atoms with Crippen LogP contribution in [-0.2, 0) is 0 Å². The molecule has 1 aliphatic rings. The molecule has 2 atom stereocenters. The summed E-state index contributed by atoms with van der Waals surface area (Å²) in [5, 5.41) is 4.81. The third kappa shape index (κ3) is 3.15. The molecule has 0 saturated heterocycles. The standard InChI is InChI=1S/C16H16Cl2N2O/c1-10(11-3-2-5-19-9-11)20-15-4-6-21-16-13(15)7-12(17)8-14(16)18/h2-3,5,7-10,15,20H,4,6H2,1H3. The van der Waals surface area contributed by atoms with Crippen molar-refractivity contribution in [2.75, 3.05) is 6.61 Å². The molecule has 2 heterocycles. The fourth-order valence-electron chi connectivity index (χ4n) is 2.63. The molecule has 0 saturated carbocycles. The molecule has 110 valence electrons. The molecule has 3 rings (SSSR count). The molecule has 0 radical (unpaired) electrons. The van der Waals surface area contributed by atoms with Crippen LogP contribution in [0.4, 0.5) is 0 Å². The minimum atomic E-state index is 0.167. The minimum Gasteiger partial charge on any atom is -0.492 e. The summed E-state index contributed by atoms with van der Waals surface area (Å²) in [6.07, 6.45) is 4.54. The summed E-state index contributed by atoms with van der Waals surface area (Å²) >= 11 is 12.3. The molecule has 1 aromatic heterocycles. The SMILES string of the molecule is CC(NC1CCOc2c(Cl)cc(Cl)cc21)c1cccnc1. The van der Waals surface area contributed by atoms with Crippen molar-refractivity contribution < 1.29 is 4.74 Å². The second-order valence-corrected chi connectivity index (χ2v) is 6.01. The van der Waals surface area contributed by atoms with Gasteiger partial charge in [-0.15, -0.1) is 0 Å². The molecule has 1 aliphatic heterocycles. The van der Waals surface area contributed by atoms with Crippen molar-refractivity contribution in [1.29, 1.82) is 0 Å². The smallest absolute Gasteiger partial charge is 0.142 e. The normalized spacial score (nSPS) is 18.7. The molecule has 0 fully saturated rings. The van der Waals surface area contributed by atoms with Crippen molar-refractivity contribution in [3.63, 3.8) is 0 Å². The highest BCUT2D eigenvalue weighted by atomic mass is 35.5. The second-order valence-electron chi connectivity index (χ2n) is 5.17. The van der Waals surface area contributed by atoms with E-state index in [0.717, 1.165) is 23.3 Å². The Labute approximate surface area is 134 Å². The average molecular weight is 323 g/mol. The zero-order chi connectivity index (χ0) is 14.8. The van der Waals surface area contributed by atoms with E-state index in [-0.39, 0.29) is 12.1 Å². The van der Waals surface area contributed by atoms with Crippen LogP contribution in [0.1, 0.15) is 36.6 Å². The maximum atomic E-state index is 6.22. The molecule has 1 N–H and O–H groups in total. The predicted molar refractivity (Wildman–Crippen MR) is 85.1 cm³/mol. The van der Waals surface area contributed by atoms with E-state index in [9.17, 15) is 0 Å². The Morgan fingerprint density at radius 1 is 1.38 bits per heavy atom. The van der Waals surface area contributed by atoms with Crippen LogP contribution in [0, 0.1) is 0 Å². The van der Waals surface area contributed by atoms with Crippen LogP contribution < -0.4 is 10.1 Å². The summed E-state index contributed by atoms with van der Waals surface area (Å²) in [7, 11) is 0. The van der Waals surface area contributed by atoms with Crippen molar-refractivity contribution in [3.05, 3.63) is 57.8 Å². The Bertz CT molecular complexity index is 634. The highest BCUT2D eigenvalue weighted by Crippen LogP contribution is 2.40. The molecule has 0 bridgehead atoms. The van der Waals surface area contributed by atoms with E-state index >= 15 is 0 Å². The van der Waals surface area contributed by atoms with Gasteiger partial charge in [-0.1, -0.05) is 29.3 Å². The van der Waals surface area contributed by atoms with Crippen molar-refractivity contribution in [1.82, 2.24) is 10.3 Å². The van der Waals surface area contributed by atoms with E-state index in [0.29, 0.717) is 16.7 Å². The number of pyridine rings is 1. The molecular weight excluding hydrogens is 307 g/mol. The Morgan fingerprint density at radius 3 is 3.00 bits per heavy atom. The van der Waals surface area contributed by atoms with Gasteiger partial charge < -0.3 is 10.1 Å². The molecule has 21 heavy (non-hydrogen) atoms. The van der Waals surface area contributed by atoms with Crippen LogP contribution in [0.25, 0.3) is 0 Å². The number of halogens is 2. The van der Waals surface area contributed by atoms with Crippen LogP contribution in [0.2, 0.25) is 10.0 Å². The topological polar surface area (TPSA) is 34.1 Å². The van der Waals surface area contributed by atoms with Crippen molar-refractivity contribution >= 4 is 23.2 Å². The van der Waals surface area contributed by atoms with Crippen LogP contribution in [0.5, 0.6) is 5.75 Å². The van der Waals surface area contributed by atoms with Gasteiger partial charge in [0.15, 0.2) is 0 Å². The largest absolute Gasteiger partial charge is 0.492 e. The third-order valence-corrected chi connectivity index (χ3v) is 4.20. The van der Waals surface area contributed by atoms with E-state index < -0.39 is 0 Å². The Hall–Kier alpha value is -1.29. The molecular formula is C16H16Cl2N2O. The van der Waals surface area contributed by atoms with Gasteiger partial charge in [0.2, 0.25) is 0 Å². The van der Waals surface area contributed by atoms with Gasteiger partial charge in [-0.2, -0.15) is 0 Å². The summed E-state index contributed by atoms with van der Waals surface area (Å²) in [6, 6.07) is 8.01. The average Bonchev–Trinajstić information content (AvgIpc) is 2.49. The second kappa shape index (κ2) is 6.22. The summed E-state index contributed by atoms with van der Waals surface area (Å²) in [6.45, 7) is 2.77. The minimum absolute atomic E-state index is 0.167. The Morgan fingerprint density at radius 2 is 2.24 bits per heavy atom. The fraction of sp³-hybridized carbons (Fsp3) is 0.312. The van der Waals surface area contributed by atoms with Gasteiger partial charge >= 0.3 is 0 Å². The van der Waals surface area contributed by atoms with Crippen molar-refractivity contribution in [2.24, 2.45) is 0 Å². The van der Waals surface area contributed by atoms with Gasteiger partial charge in [-0.25, -0.2) is 0 Å². The van der Waals surface area contributed by atoms with E-state index in [1.165, 1.54) is 0 Å². The summed E-state index contributed by atoms with van der Waals surface area (Å²) in [5.41, 5.74) is 2.17. The van der Waals surface area contributed by atoms with Gasteiger partial charge in [0.05, 0.1) is 11.6 Å². The van der Waals surface area contributed by atoms with E-state index in [2.05, 4.69) is 23.3 Å². The number of nitrogens with one attached hydrogen (secondary N) is 1. The monoisotopic (exact) mass is 322 g/mol. The molecule has 1 aromatic carbocycles. The lowest BCUT2D eigenvalue weighted by atomic mass is 9.98. The maximum absolute atomic E-state index is 6.22. The Balaban J connectivity index is 1.85. The van der Waals surface area contributed by atoms with Gasteiger partial charge in [-0.3, -0.25) is 4.98 Å². The fourth-order valence-corrected chi connectivity index (χ4v) is 3.19. The first kappa shape index (κ1) is 14.6. The molecule has 3 nitrogen and oxygen atoms in total. The number of nitrogens with zero attached hydrogens (tertiary/aromatic N) is 1. The lowest BCUT2D eigenvalue weighted by molar-refractivity contribution is 0.246. The number of hydrogen-bond donors (Lipinski definition) is 1. The van der Waals surface area contributed by atoms with Gasteiger partial charge in [0, 0.05) is 41.5 Å². The van der Waals surface area contributed by atoms with Crippen LogP contribution in [0.15, 0.2) is 36.7 Å². The third-order valence-electron chi connectivity index (χ3n) is 3.70. The lowest BCUT2D eigenvalue weighted by Gasteiger charge is -2.30. The molecule has 5 heteroatoms. The number of ether oxygens (including phenoxy) is 1. The number of fused-ring (bicyclic) bond motifs is 1. The van der Waals surface area contributed by atoms with Crippen LogP contribution >= 0.6 is 23.2 Å². The molecule has 0 amide bonds. The highest BCUT2D eigenvalue weighted by molar-refractivity contribution is 6.35. The molecule has 2 unspecified atom stereocenters. The summed E-state index contributed by atoms with van der Waals surface area (Å²) in [4.78, 5) is 4.16.